The van der Waals surface area contributed by atoms with Gasteiger partial charge in [0, 0.05) is 16.7 Å². The molecule has 2 fully saturated rings. The second kappa shape index (κ2) is 4.49. The maximum Gasteiger partial charge on any atom is 0.0529 e. The van der Waals surface area contributed by atoms with Crippen LogP contribution in [0.1, 0.15) is 32.3 Å². The van der Waals surface area contributed by atoms with Crippen LogP contribution < -0.4 is 0 Å². The third-order valence-electron chi connectivity index (χ3n) is 5.82. The minimum atomic E-state index is 0.237. The van der Waals surface area contributed by atoms with Gasteiger partial charge in [0.2, 0.25) is 0 Å². The molecule has 0 bridgehead atoms. The van der Waals surface area contributed by atoms with Gasteiger partial charge in [-0.2, -0.15) is 0 Å². The first kappa shape index (κ1) is 12.9. The lowest BCUT2D eigenvalue weighted by Gasteiger charge is -2.37. The average Bonchev–Trinajstić information content (AvgIpc) is 2.90. The van der Waals surface area contributed by atoms with E-state index in [4.69, 9.17) is 4.74 Å². The minimum Gasteiger partial charge on any atom is -0.381 e. The highest BCUT2D eigenvalue weighted by Gasteiger charge is 2.60. The van der Waals surface area contributed by atoms with Crippen molar-refractivity contribution < 1.29 is 4.74 Å². The first-order chi connectivity index (χ1) is 9.13. The summed E-state index contributed by atoms with van der Waals surface area (Å²) in [5.74, 6) is 1.32. The Labute approximate surface area is 116 Å². The van der Waals surface area contributed by atoms with Crippen LogP contribution in [0.5, 0.6) is 0 Å². The van der Waals surface area contributed by atoms with Crippen molar-refractivity contribution >= 4 is 0 Å². The highest BCUT2D eigenvalue weighted by molar-refractivity contribution is 5.31. The highest BCUT2D eigenvalue weighted by Crippen LogP contribution is 2.62. The Hall–Kier alpha value is -1.08. The Bertz CT molecular complexity index is 466. The first-order valence-corrected chi connectivity index (χ1v) is 7.38. The molecule has 2 aliphatic rings. The van der Waals surface area contributed by atoms with Gasteiger partial charge in [-0.15, -0.1) is 6.58 Å². The molecule has 4 atom stereocenters. The molecule has 0 amide bonds. The summed E-state index contributed by atoms with van der Waals surface area (Å²) < 4.78 is 5.88. The molecule has 1 aliphatic heterocycles. The van der Waals surface area contributed by atoms with E-state index in [-0.39, 0.29) is 5.41 Å². The molecule has 1 aromatic rings. The molecule has 1 heterocycles. The standard InChI is InChI=1S/C18H24O/c1-4-10-18-11-14(2)17(3,16(18)12-19-13-18)15-8-6-5-7-9-15/h4-9,14,16H,1,10-13H2,2-3H3/t14-,16-,17-,18-/m1/s1. The minimum absolute atomic E-state index is 0.237. The smallest absolute Gasteiger partial charge is 0.0529 e. The molecule has 1 saturated heterocycles. The summed E-state index contributed by atoms with van der Waals surface area (Å²) >= 11 is 0. The molecule has 1 saturated carbocycles. The van der Waals surface area contributed by atoms with Crippen LogP contribution in [0.2, 0.25) is 0 Å². The van der Waals surface area contributed by atoms with Gasteiger partial charge in [-0.05, 0) is 24.3 Å². The number of rotatable bonds is 3. The predicted molar refractivity (Wildman–Crippen MR) is 79.1 cm³/mol. The molecule has 0 aromatic heterocycles. The van der Waals surface area contributed by atoms with Gasteiger partial charge in [-0.1, -0.05) is 50.3 Å². The molecule has 0 radical (unpaired) electrons. The van der Waals surface area contributed by atoms with E-state index in [1.54, 1.807) is 0 Å². The van der Waals surface area contributed by atoms with E-state index in [1.807, 2.05) is 0 Å². The quantitative estimate of drug-likeness (QED) is 0.737. The van der Waals surface area contributed by atoms with Crippen molar-refractivity contribution in [3.63, 3.8) is 0 Å². The fourth-order valence-electron chi connectivity index (χ4n) is 4.69. The Balaban J connectivity index is 2.05. The van der Waals surface area contributed by atoms with Crippen molar-refractivity contribution in [3.8, 4) is 0 Å². The van der Waals surface area contributed by atoms with Crippen LogP contribution >= 0.6 is 0 Å². The molecule has 0 N–H and O–H groups in total. The van der Waals surface area contributed by atoms with Crippen LogP contribution in [-0.2, 0) is 10.2 Å². The van der Waals surface area contributed by atoms with Gasteiger partial charge < -0.3 is 4.74 Å². The second-order valence-electron chi connectivity index (χ2n) is 6.68. The van der Waals surface area contributed by atoms with Crippen molar-refractivity contribution in [1.82, 2.24) is 0 Å². The summed E-state index contributed by atoms with van der Waals surface area (Å²) in [7, 11) is 0. The van der Waals surface area contributed by atoms with Crippen molar-refractivity contribution in [3.05, 3.63) is 48.6 Å². The predicted octanol–water partition coefficient (Wildman–Crippen LogP) is 4.19. The molecule has 3 rings (SSSR count). The number of hydrogen-bond acceptors (Lipinski definition) is 1. The maximum atomic E-state index is 5.88. The van der Waals surface area contributed by atoms with Gasteiger partial charge in [-0.25, -0.2) is 0 Å². The van der Waals surface area contributed by atoms with Gasteiger partial charge in [-0.3, -0.25) is 0 Å². The monoisotopic (exact) mass is 256 g/mol. The Kier molecular flexibility index (Phi) is 3.05. The van der Waals surface area contributed by atoms with E-state index < -0.39 is 0 Å². The van der Waals surface area contributed by atoms with Crippen molar-refractivity contribution in [2.45, 2.75) is 32.1 Å². The normalized spacial score (nSPS) is 41.2. The maximum absolute atomic E-state index is 5.88. The van der Waals surface area contributed by atoms with Gasteiger partial charge in [0.15, 0.2) is 0 Å². The number of benzene rings is 1. The topological polar surface area (TPSA) is 9.23 Å². The SMILES string of the molecule is C=CC[C@@]12COC[C@@H]1[C@@](C)(c1ccccc1)[C@H](C)C2. The van der Waals surface area contributed by atoms with E-state index in [0.29, 0.717) is 17.3 Å². The zero-order chi connectivity index (χ0) is 13.5. The van der Waals surface area contributed by atoms with Crippen molar-refractivity contribution in [2.75, 3.05) is 13.2 Å². The van der Waals surface area contributed by atoms with Crippen LogP contribution in [0.3, 0.4) is 0 Å². The van der Waals surface area contributed by atoms with Crippen LogP contribution in [0, 0.1) is 17.3 Å². The number of ether oxygens (including phenoxy) is 1. The van der Waals surface area contributed by atoms with Crippen LogP contribution in [0.15, 0.2) is 43.0 Å². The molecule has 102 valence electrons. The Morgan fingerprint density at radius 2 is 2.11 bits per heavy atom. The van der Waals surface area contributed by atoms with Gasteiger partial charge in [0.1, 0.15) is 0 Å². The zero-order valence-corrected chi connectivity index (χ0v) is 12.1. The summed E-state index contributed by atoms with van der Waals surface area (Å²) in [5.41, 5.74) is 2.04. The average molecular weight is 256 g/mol. The Morgan fingerprint density at radius 3 is 2.79 bits per heavy atom. The number of hydrogen-bond donors (Lipinski definition) is 0. The number of allylic oxidation sites excluding steroid dienone is 1. The lowest BCUT2D eigenvalue weighted by molar-refractivity contribution is 0.134. The molecular formula is C18H24O. The molecule has 1 heteroatoms. The summed E-state index contributed by atoms with van der Waals surface area (Å²) in [6.07, 6.45) is 4.44. The van der Waals surface area contributed by atoms with Crippen LogP contribution in [0.4, 0.5) is 0 Å². The Morgan fingerprint density at radius 1 is 1.37 bits per heavy atom. The summed E-state index contributed by atoms with van der Waals surface area (Å²) in [6.45, 7) is 10.6. The van der Waals surface area contributed by atoms with E-state index in [0.717, 1.165) is 19.6 Å². The zero-order valence-electron chi connectivity index (χ0n) is 12.1. The third kappa shape index (κ3) is 1.71. The van der Waals surface area contributed by atoms with E-state index in [1.165, 1.54) is 12.0 Å². The van der Waals surface area contributed by atoms with Crippen molar-refractivity contribution in [1.29, 1.82) is 0 Å². The van der Waals surface area contributed by atoms with E-state index in [2.05, 4.69) is 56.8 Å². The fourth-order valence-corrected chi connectivity index (χ4v) is 4.69. The summed E-state index contributed by atoms with van der Waals surface area (Å²) in [6, 6.07) is 11.0. The van der Waals surface area contributed by atoms with E-state index >= 15 is 0 Å². The first-order valence-electron chi connectivity index (χ1n) is 7.38. The molecular weight excluding hydrogens is 232 g/mol. The van der Waals surface area contributed by atoms with E-state index in [9.17, 15) is 0 Å². The van der Waals surface area contributed by atoms with Gasteiger partial charge >= 0.3 is 0 Å². The molecule has 0 spiro atoms. The molecule has 1 nitrogen and oxygen atoms in total. The molecule has 1 aromatic carbocycles. The van der Waals surface area contributed by atoms with Gasteiger partial charge in [0.05, 0.1) is 13.2 Å². The summed E-state index contributed by atoms with van der Waals surface area (Å²) in [5, 5.41) is 0. The highest BCUT2D eigenvalue weighted by atomic mass is 16.5. The van der Waals surface area contributed by atoms with Crippen molar-refractivity contribution in [2.24, 2.45) is 17.3 Å². The molecule has 1 aliphatic carbocycles. The lowest BCUT2D eigenvalue weighted by Crippen LogP contribution is -2.37. The lowest BCUT2D eigenvalue weighted by atomic mass is 9.65. The van der Waals surface area contributed by atoms with Gasteiger partial charge in [0.25, 0.3) is 0 Å². The summed E-state index contributed by atoms with van der Waals surface area (Å²) in [4.78, 5) is 0. The van der Waals surface area contributed by atoms with Crippen LogP contribution in [-0.4, -0.2) is 13.2 Å². The largest absolute Gasteiger partial charge is 0.381 e. The van der Waals surface area contributed by atoms with Crippen LogP contribution in [0.25, 0.3) is 0 Å². The molecule has 19 heavy (non-hydrogen) atoms. The molecule has 0 unspecified atom stereocenters. The second-order valence-corrected chi connectivity index (χ2v) is 6.68. The fraction of sp³-hybridized carbons (Fsp3) is 0.556. The third-order valence-corrected chi connectivity index (χ3v) is 5.82. The number of fused-ring (bicyclic) bond motifs is 1.